The minimum absolute atomic E-state index is 0.493. The number of pyridine rings is 1. The third kappa shape index (κ3) is 2.18. The van der Waals surface area contributed by atoms with Crippen molar-refractivity contribution in [1.82, 2.24) is 4.98 Å². The van der Waals surface area contributed by atoms with Crippen LogP contribution in [0.3, 0.4) is 0 Å². The lowest BCUT2D eigenvalue weighted by atomic mass is 10.4. The SMILES string of the molecule is C#CCNc1ccnc(N)c1. The van der Waals surface area contributed by atoms with Crippen molar-refractivity contribution in [2.75, 3.05) is 17.6 Å². The molecule has 0 amide bonds. The largest absolute Gasteiger partial charge is 0.384 e. The molecular weight excluding hydrogens is 138 g/mol. The van der Waals surface area contributed by atoms with Gasteiger partial charge in [-0.15, -0.1) is 6.42 Å². The Labute approximate surface area is 65.6 Å². The molecule has 3 N–H and O–H groups in total. The minimum Gasteiger partial charge on any atom is -0.384 e. The Hall–Kier alpha value is -1.69. The van der Waals surface area contributed by atoms with Gasteiger partial charge in [-0.05, 0) is 6.07 Å². The van der Waals surface area contributed by atoms with Crippen molar-refractivity contribution in [3.05, 3.63) is 18.3 Å². The number of hydrogen-bond acceptors (Lipinski definition) is 3. The Morgan fingerprint density at radius 1 is 1.73 bits per heavy atom. The topological polar surface area (TPSA) is 50.9 Å². The quantitative estimate of drug-likeness (QED) is 0.606. The Balaban J connectivity index is 2.65. The van der Waals surface area contributed by atoms with E-state index in [1.807, 2.05) is 6.07 Å². The van der Waals surface area contributed by atoms with E-state index in [0.29, 0.717) is 12.4 Å². The summed E-state index contributed by atoms with van der Waals surface area (Å²) in [5, 5.41) is 2.98. The van der Waals surface area contributed by atoms with E-state index >= 15 is 0 Å². The van der Waals surface area contributed by atoms with E-state index in [1.165, 1.54) is 0 Å². The van der Waals surface area contributed by atoms with Gasteiger partial charge in [0.15, 0.2) is 0 Å². The smallest absolute Gasteiger partial charge is 0.125 e. The number of nitrogens with one attached hydrogen (secondary N) is 1. The molecule has 3 heteroatoms. The standard InChI is InChI=1S/C8H9N3/c1-2-4-10-7-3-5-11-8(9)6-7/h1,3,5-6H,4H2,(H3,9,10,11). The van der Waals surface area contributed by atoms with Crippen LogP contribution >= 0.6 is 0 Å². The van der Waals surface area contributed by atoms with Gasteiger partial charge in [0.1, 0.15) is 5.82 Å². The van der Waals surface area contributed by atoms with Gasteiger partial charge in [-0.1, -0.05) is 5.92 Å². The number of terminal acetylenes is 1. The first kappa shape index (κ1) is 7.42. The first-order valence-corrected chi connectivity index (χ1v) is 3.22. The summed E-state index contributed by atoms with van der Waals surface area (Å²) in [6.07, 6.45) is 6.69. The van der Waals surface area contributed by atoms with Crippen LogP contribution in [0.5, 0.6) is 0 Å². The summed E-state index contributed by atoms with van der Waals surface area (Å²) >= 11 is 0. The fraction of sp³-hybridized carbons (Fsp3) is 0.125. The van der Waals surface area contributed by atoms with Gasteiger partial charge in [-0.25, -0.2) is 4.98 Å². The van der Waals surface area contributed by atoms with E-state index in [-0.39, 0.29) is 0 Å². The summed E-state index contributed by atoms with van der Waals surface area (Å²) in [6, 6.07) is 3.55. The molecule has 1 rings (SSSR count). The Morgan fingerprint density at radius 2 is 2.55 bits per heavy atom. The molecule has 0 atom stereocenters. The monoisotopic (exact) mass is 147 g/mol. The molecule has 0 bridgehead atoms. The van der Waals surface area contributed by atoms with Gasteiger partial charge in [0.25, 0.3) is 0 Å². The number of anilines is 2. The molecule has 3 nitrogen and oxygen atoms in total. The Kier molecular flexibility index (Phi) is 2.34. The van der Waals surface area contributed by atoms with Crippen LogP contribution in [0, 0.1) is 12.3 Å². The number of rotatable bonds is 2. The molecule has 0 saturated carbocycles. The van der Waals surface area contributed by atoms with E-state index in [2.05, 4.69) is 16.2 Å². The van der Waals surface area contributed by atoms with Crippen LogP contribution in [0.4, 0.5) is 11.5 Å². The van der Waals surface area contributed by atoms with Crippen molar-refractivity contribution in [2.24, 2.45) is 0 Å². The van der Waals surface area contributed by atoms with Crippen molar-refractivity contribution >= 4 is 11.5 Å². The summed E-state index contributed by atoms with van der Waals surface area (Å²) in [7, 11) is 0. The highest BCUT2D eigenvalue weighted by Gasteiger charge is 1.89. The highest BCUT2D eigenvalue weighted by Crippen LogP contribution is 2.07. The van der Waals surface area contributed by atoms with E-state index in [1.54, 1.807) is 12.3 Å². The summed E-state index contributed by atoms with van der Waals surface area (Å²) < 4.78 is 0. The average Bonchev–Trinajstić information content (AvgIpc) is 2.01. The molecule has 0 fully saturated rings. The van der Waals surface area contributed by atoms with E-state index < -0.39 is 0 Å². The Bertz CT molecular complexity index is 275. The number of aromatic nitrogens is 1. The summed E-state index contributed by atoms with van der Waals surface area (Å²) in [5.74, 6) is 2.96. The van der Waals surface area contributed by atoms with Gasteiger partial charge in [0, 0.05) is 18.0 Å². The predicted octanol–water partition coefficient (Wildman–Crippen LogP) is 0.709. The number of nitrogens with two attached hydrogens (primary N) is 1. The first-order valence-electron chi connectivity index (χ1n) is 3.22. The van der Waals surface area contributed by atoms with Crippen molar-refractivity contribution in [2.45, 2.75) is 0 Å². The molecule has 56 valence electrons. The zero-order valence-corrected chi connectivity index (χ0v) is 6.04. The lowest BCUT2D eigenvalue weighted by Crippen LogP contribution is -1.99. The van der Waals surface area contributed by atoms with Crippen molar-refractivity contribution in [3.63, 3.8) is 0 Å². The fourth-order valence-electron chi connectivity index (χ4n) is 0.711. The number of hydrogen-bond donors (Lipinski definition) is 2. The zero-order valence-electron chi connectivity index (χ0n) is 6.04. The maximum atomic E-state index is 5.43. The zero-order chi connectivity index (χ0) is 8.10. The maximum Gasteiger partial charge on any atom is 0.125 e. The number of nitrogens with zero attached hydrogens (tertiary/aromatic N) is 1. The molecule has 0 saturated heterocycles. The molecular formula is C8H9N3. The van der Waals surface area contributed by atoms with E-state index in [9.17, 15) is 0 Å². The second-order valence-electron chi connectivity index (χ2n) is 2.03. The van der Waals surface area contributed by atoms with Gasteiger partial charge in [0.05, 0.1) is 6.54 Å². The van der Waals surface area contributed by atoms with Crippen molar-refractivity contribution in [3.8, 4) is 12.3 Å². The van der Waals surface area contributed by atoms with Crippen LogP contribution in [0.2, 0.25) is 0 Å². The summed E-state index contributed by atoms with van der Waals surface area (Å²) in [4.78, 5) is 3.83. The van der Waals surface area contributed by atoms with Crippen molar-refractivity contribution < 1.29 is 0 Å². The van der Waals surface area contributed by atoms with Crippen molar-refractivity contribution in [1.29, 1.82) is 0 Å². The van der Waals surface area contributed by atoms with Crippen LogP contribution in [0.15, 0.2) is 18.3 Å². The van der Waals surface area contributed by atoms with Crippen LogP contribution in [0.25, 0.3) is 0 Å². The van der Waals surface area contributed by atoms with Gasteiger partial charge < -0.3 is 11.1 Å². The molecule has 1 aromatic heterocycles. The summed E-state index contributed by atoms with van der Waals surface area (Å²) in [6.45, 7) is 0.503. The normalized spacial score (nSPS) is 8.64. The van der Waals surface area contributed by atoms with Gasteiger partial charge in [-0.3, -0.25) is 0 Å². The molecule has 0 aliphatic rings. The third-order valence-corrected chi connectivity index (χ3v) is 1.18. The number of nitrogen functional groups attached to an aromatic ring is 1. The fourth-order valence-corrected chi connectivity index (χ4v) is 0.711. The first-order chi connectivity index (χ1) is 5.33. The lowest BCUT2D eigenvalue weighted by molar-refractivity contribution is 1.30. The molecule has 0 aromatic carbocycles. The van der Waals surface area contributed by atoms with E-state index in [4.69, 9.17) is 12.2 Å². The maximum absolute atomic E-state index is 5.43. The Morgan fingerprint density at radius 3 is 3.18 bits per heavy atom. The van der Waals surface area contributed by atoms with Gasteiger partial charge in [-0.2, -0.15) is 0 Å². The molecule has 11 heavy (non-hydrogen) atoms. The minimum atomic E-state index is 0.493. The van der Waals surface area contributed by atoms with Gasteiger partial charge in [0.2, 0.25) is 0 Å². The second kappa shape index (κ2) is 3.47. The highest BCUT2D eigenvalue weighted by molar-refractivity contribution is 5.50. The van der Waals surface area contributed by atoms with Crippen LogP contribution in [0.1, 0.15) is 0 Å². The third-order valence-electron chi connectivity index (χ3n) is 1.18. The molecule has 0 aliphatic heterocycles. The van der Waals surface area contributed by atoms with Gasteiger partial charge >= 0.3 is 0 Å². The second-order valence-corrected chi connectivity index (χ2v) is 2.03. The van der Waals surface area contributed by atoms with E-state index in [0.717, 1.165) is 5.69 Å². The molecule has 0 unspecified atom stereocenters. The molecule has 0 spiro atoms. The van der Waals surface area contributed by atoms with Crippen LogP contribution < -0.4 is 11.1 Å². The molecule has 1 heterocycles. The molecule has 1 aromatic rings. The average molecular weight is 147 g/mol. The highest BCUT2D eigenvalue weighted by atomic mass is 14.9. The molecule has 0 aliphatic carbocycles. The summed E-state index contributed by atoms with van der Waals surface area (Å²) in [5.41, 5.74) is 6.33. The van der Waals surface area contributed by atoms with Crippen LogP contribution in [-0.4, -0.2) is 11.5 Å². The predicted molar refractivity (Wildman–Crippen MR) is 46.0 cm³/mol. The van der Waals surface area contributed by atoms with Crippen LogP contribution in [-0.2, 0) is 0 Å². The molecule has 0 radical (unpaired) electrons. The lowest BCUT2D eigenvalue weighted by Gasteiger charge is -2.00.